The average molecular weight is 99.1 g/mol. The van der Waals surface area contributed by atoms with Gasteiger partial charge in [0.15, 0.2) is 5.60 Å². The summed E-state index contributed by atoms with van der Waals surface area (Å²) in [5.74, 6) is 0. The predicted octanol–water partition coefficient (Wildman–Crippen LogP) is 0.273. The van der Waals surface area contributed by atoms with Crippen LogP contribution in [0.15, 0.2) is 0 Å². The first-order chi connectivity index (χ1) is 3.19. The van der Waals surface area contributed by atoms with E-state index in [0.717, 1.165) is 0 Å². The molecule has 0 bridgehead atoms. The molecular weight excluding hydrogens is 92.1 g/mol. The molecule has 0 aromatic rings. The van der Waals surface area contributed by atoms with Gasteiger partial charge in [0.05, 0.1) is 6.10 Å². The van der Waals surface area contributed by atoms with Gasteiger partial charge in [0.1, 0.15) is 0 Å². The fourth-order valence-corrected chi connectivity index (χ4v) is 0.440. The van der Waals surface area contributed by atoms with Crippen LogP contribution in [0.2, 0.25) is 0 Å². The van der Waals surface area contributed by atoms with E-state index in [1.165, 1.54) is 0 Å². The van der Waals surface area contributed by atoms with Crippen molar-refractivity contribution in [3.05, 3.63) is 0 Å². The van der Waals surface area contributed by atoms with Crippen LogP contribution in [0.4, 0.5) is 0 Å². The number of hydrogen-bond donors (Lipinski definition) is 0. The number of carbonyl (C=O) groups excluding carboxylic acids is 1. The summed E-state index contributed by atoms with van der Waals surface area (Å²) < 4.78 is 4.83. The van der Waals surface area contributed by atoms with Crippen LogP contribution in [-0.4, -0.2) is 18.0 Å². The van der Waals surface area contributed by atoms with Gasteiger partial charge in [-0.2, -0.15) is 0 Å². The normalized spacial score (nSPS) is 48.6. The monoisotopic (exact) mass is 99.0 g/mol. The Morgan fingerprint density at radius 2 is 2.29 bits per heavy atom. The van der Waals surface area contributed by atoms with Crippen LogP contribution in [0.5, 0.6) is 0 Å². The molecule has 1 aliphatic rings. The maximum Gasteiger partial charge on any atom is 0.235 e. The lowest BCUT2D eigenvalue weighted by molar-refractivity contribution is 0.351. The minimum Gasteiger partial charge on any atom is -0.358 e. The van der Waals surface area contributed by atoms with Crippen LogP contribution < -0.4 is 0 Å². The summed E-state index contributed by atoms with van der Waals surface area (Å²) in [6.07, 6.45) is 1.88. The van der Waals surface area contributed by atoms with Crippen molar-refractivity contribution < 1.29 is 9.53 Å². The summed E-state index contributed by atoms with van der Waals surface area (Å²) in [4.78, 5) is 9.85. The van der Waals surface area contributed by atoms with E-state index in [-0.39, 0.29) is 6.10 Å². The fourth-order valence-electron chi connectivity index (χ4n) is 0.440. The molecule has 2 nitrogen and oxygen atoms in total. The second-order valence-electron chi connectivity index (χ2n) is 1.97. The Morgan fingerprint density at radius 3 is 2.29 bits per heavy atom. The van der Waals surface area contributed by atoms with Gasteiger partial charge in [-0.25, -0.2) is 0 Å². The summed E-state index contributed by atoms with van der Waals surface area (Å²) in [6.45, 7) is 3.58. The Kier molecular flexibility index (Phi) is 0.729. The van der Waals surface area contributed by atoms with Gasteiger partial charge in [-0.05, 0) is 13.8 Å². The van der Waals surface area contributed by atoms with Crippen molar-refractivity contribution >= 4 is 6.29 Å². The van der Waals surface area contributed by atoms with Crippen molar-refractivity contribution in [2.24, 2.45) is 0 Å². The van der Waals surface area contributed by atoms with E-state index < -0.39 is 5.60 Å². The zero-order valence-corrected chi connectivity index (χ0v) is 4.39. The second kappa shape index (κ2) is 1.07. The number of epoxide rings is 1. The second-order valence-corrected chi connectivity index (χ2v) is 1.97. The van der Waals surface area contributed by atoms with Crippen LogP contribution in [0.25, 0.3) is 0 Å². The van der Waals surface area contributed by atoms with Gasteiger partial charge in [-0.3, -0.25) is 4.79 Å². The number of hydrogen-bond acceptors (Lipinski definition) is 2. The van der Waals surface area contributed by atoms with Gasteiger partial charge >= 0.3 is 0 Å². The van der Waals surface area contributed by atoms with E-state index in [1.54, 1.807) is 13.2 Å². The van der Waals surface area contributed by atoms with Crippen molar-refractivity contribution in [1.82, 2.24) is 0 Å². The minimum atomic E-state index is -0.556. The molecule has 0 N–H and O–H groups in total. The molecule has 0 aliphatic carbocycles. The lowest BCUT2D eigenvalue weighted by Crippen LogP contribution is -2.07. The van der Waals surface area contributed by atoms with E-state index in [4.69, 9.17) is 4.74 Å². The summed E-state index contributed by atoms with van der Waals surface area (Å²) in [7, 11) is 0. The molecule has 1 saturated heterocycles. The zero-order chi connectivity index (χ0) is 5.49. The third-order valence-electron chi connectivity index (χ3n) is 1.34. The quantitative estimate of drug-likeness (QED) is 0.442. The molecule has 0 aromatic carbocycles. The third kappa shape index (κ3) is 0.548. The fraction of sp³-hybridized carbons (Fsp3) is 0.800. The van der Waals surface area contributed by atoms with E-state index in [9.17, 15) is 4.79 Å². The number of rotatable bonds is 1. The third-order valence-corrected chi connectivity index (χ3v) is 1.34. The Balaban J connectivity index is 2.51. The first-order valence-corrected chi connectivity index (χ1v) is 2.26. The molecule has 1 fully saturated rings. The molecule has 0 spiro atoms. The van der Waals surface area contributed by atoms with Crippen LogP contribution in [0, 0.1) is 0 Å². The summed E-state index contributed by atoms with van der Waals surface area (Å²) in [5.41, 5.74) is -0.556. The van der Waals surface area contributed by atoms with E-state index in [2.05, 4.69) is 0 Å². The van der Waals surface area contributed by atoms with Gasteiger partial charge < -0.3 is 4.74 Å². The molecule has 1 radical (unpaired) electrons. The molecule has 7 heavy (non-hydrogen) atoms. The molecule has 0 amide bonds. The highest BCUT2D eigenvalue weighted by atomic mass is 16.6. The highest BCUT2D eigenvalue weighted by Crippen LogP contribution is 2.32. The maximum atomic E-state index is 9.85. The van der Waals surface area contributed by atoms with Crippen LogP contribution in [0.3, 0.4) is 0 Å². The minimum absolute atomic E-state index is 0.0880. The topological polar surface area (TPSA) is 29.6 Å². The molecule has 2 heteroatoms. The SMILES string of the molecule is CC1OC1(C)[C]=O. The average Bonchev–Trinajstić information content (AvgIpc) is 2.18. The lowest BCUT2D eigenvalue weighted by atomic mass is 10.1. The van der Waals surface area contributed by atoms with Crippen molar-refractivity contribution in [2.45, 2.75) is 25.6 Å². The van der Waals surface area contributed by atoms with Crippen molar-refractivity contribution in [2.75, 3.05) is 0 Å². The van der Waals surface area contributed by atoms with Crippen molar-refractivity contribution in [3.63, 3.8) is 0 Å². The Labute approximate surface area is 42.5 Å². The highest BCUT2D eigenvalue weighted by molar-refractivity contribution is 5.67. The standard InChI is InChI=1S/C5H7O2/c1-4-5(2,3-6)7-4/h4H,1-2H3. The van der Waals surface area contributed by atoms with Gasteiger partial charge in [-0.15, -0.1) is 0 Å². The van der Waals surface area contributed by atoms with Crippen molar-refractivity contribution in [3.8, 4) is 0 Å². The highest BCUT2D eigenvalue weighted by Gasteiger charge is 2.49. The molecule has 1 heterocycles. The summed E-state index contributed by atoms with van der Waals surface area (Å²) >= 11 is 0. The molecule has 1 aliphatic heterocycles. The predicted molar refractivity (Wildman–Crippen MR) is 24.6 cm³/mol. The molecule has 2 unspecified atom stereocenters. The van der Waals surface area contributed by atoms with Crippen LogP contribution >= 0.6 is 0 Å². The molecule has 1 rings (SSSR count). The lowest BCUT2D eigenvalue weighted by Gasteiger charge is -1.82. The first-order valence-electron chi connectivity index (χ1n) is 2.26. The van der Waals surface area contributed by atoms with Gasteiger partial charge in [-0.1, -0.05) is 0 Å². The Bertz CT molecular complexity index is 100. The van der Waals surface area contributed by atoms with Crippen LogP contribution in [-0.2, 0) is 9.53 Å². The van der Waals surface area contributed by atoms with E-state index in [1.807, 2.05) is 6.92 Å². The van der Waals surface area contributed by atoms with E-state index >= 15 is 0 Å². The number of ether oxygens (including phenoxy) is 1. The molecule has 39 valence electrons. The molecule has 0 saturated carbocycles. The Morgan fingerprint density at radius 1 is 1.86 bits per heavy atom. The molecule has 2 atom stereocenters. The van der Waals surface area contributed by atoms with Gasteiger partial charge in [0.25, 0.3) is 0 Å². The smallest absolute Gasteiger partial charge is 0.235 e. The van der Waals surface area contributed by atoms with Crippen molar-refractivity contribution in [1.29, 1.82) is 0 Å². The molecular formula is C5H7O2. The first kappa shape index (κ1) is 4.78. The van der Waals surface area contributed by atoms with Crippen LogP contribution in [0.1, 0.15) is 13.8 Å². The van der Waals surface area contributed by atoms with Gasteiger partial charge in [0, 0.05) is 0 Å². The Hall–Kier alpha value is -0.370. The summed E-state index contributed by atoms with van der Waals surface area (Å²) in [5, 5.41) is 0. The summed E-state index contributed by atoms with van der Waals surface area (Å²) in [6, 6.07) is 0. The van der Waals surface area contributed by atoms with Gasteiger partial charge in [0.2, 0.25) is 6.29 Å². The maximum absolute atomic E-state index is 9.85. The zero-order valence-electron chi connectivity index (χ0n) is 4.39. The van der Waals surface area contributed by atoms with E-state index in [0.29, 0.717) is 0 Å². The largest absolute Gasteiger partial charge is 0.358 e. The molecule has 0 aromatic heterocycles.